The molecular formula is C21H22N2O2. The van der Waals surface area contributed by atoms with Gasteiger partial charge in [0.05, 0.1) is 6.61 Å². The summed E-state index contributed by atoms with van der Waals surface area (Å²) in [6, 6.07) is 14.9. The molecule has 25 heavy (non-hydrogen) atoms. The fourth-order valence-electron chi connectivity index (χ4n) is 3.95. The van der Waals surface area contributed by atoms with Crippen molar-refractivity contribution in [2.24, 2.45) is 5.92 Å². The summed E-state index contributed by atoms with van der Waals surface area (Å²) in [7, 11) is 0. The van der Waals surface area contributed by atoms with E-state index in [-0.39, 0.29) is 5.91 Å². The first kappa shape index (κ1) is 15.0. The molecular weight excluding hydrogens is 312 g/mol. The molecule has 1 aromatic heterocycles. The number of nitrogens with one attached hydrogen (secondary N) is 1. The van der Waals surface area contributed by atoms with Crippen molar-refractivity contribution in [2.75, 3.05) is 19.8 Å². The predicted molar refractivity (Wildman–Crippen MR) is 98.8 cm³/mol. The second-order valence-electron chi connectivity index (χ2n) is 7.35. The normalized spacial score (nSPS) is 20.4. The van der Waals surface area contributed by atoms with Gasteiger partial charge in [-0.1, -0.05) is 30.3 Å². The molecule has 0 spiro atoms. The number of amides is 1. The highest BCUT2D eigenvalue weighted by molar-refractivity contribution is 6.09. The number of ether oxygens (including phenoxy) is 1. The van der Waals surface area contributed by atoms with Gasteiger partial charge in [-0.25, -0.2) is 0 Å². The van der Waals surface area contributed by atoms with Crippen LogP contribution in [0.4, 0.5) is 0 Å². The zero-order valence-corrected chi connectivity index (χ0v) is 14.2. The third kappa shape index (κ3) is 2.71. The summed E-state index contributed by atoms with van der Waals surface area (Å²) in [5.41, 5.74) is 1.74. The van der Waals surface area contributed by atoms with Crippen LogP contribution in [0, 0.1) is 5.92 Å². The summed E-state index contributed by atoms with van der Waals surface area (Å²) in [6.45, 7) is 2.43. The summed E-state index contributed by atoms with van der Waals surface area (Å²) in [4.78, 5) is 18.6. The number of aromatic amines is 1. The van der Waals surface area contributed by atoms with Crippen LogP contribution in [-0.4, -0.2) is 41.6 Å². The van der Waals surface area contributed by atoms with Gasteiger partial charge in [0.2, 0.25) is 0 Å². The van der Waals surface area contributed by atoms with E-state index in [1.165, 1.54) is 10.8 Å². The van der Waals surface area contributed by atoms with Crippen LogP contribution in [0.1, 0.15) is 29.8 Å². The maximum absolute atomic E-state index is 13.2. The zero-order chi connectivity index (χ0) is 16.8. The van der Waals surface area contributed by atoms with Crippen molar-refractivity contribution in [2.45, 2.75) is 25.3 Å². The van der Waals surface area contributed by atoms with Crippen molar-refractivity contribution in [3.63, 3.8) is 0 Å². The highest BCUT2D eigenvalue weighted by Crippen LogP contribution is 2.32. The van der Waals surface area contributed by atoms with E-state index < -0.39 is 0 Å². The predicted octanol–water partition coefficient (Wildman–Crippen LogP) is 3.96. The molecule has 5 rings (SSSR count). The van der Waals surface area contributed by atoms with E-state index in [0.717, 1.165) is 49.9 Å². The number of rotatable bonds is 4. The lowest BCUT2D eigenvalue weighted by molar-refractivity contribution is 0.0701. The quantitative estimate of drug-likeness (QED) is 0.785. The molecule has 1 saturated carbocycles. The number of fused-ring (bicyclic) bond motifs is 3. The van der Waals surface area contributed by atoms with Gasteiger partial charge in [0.15, 0.2) is 0 Å². The second-order valence-corrected chi connectivity index (χ2v) is 7.35. The van der Waals surface area contributed by atoms with E-state index in [4.69, 9.17) is 4.74 Å². The molecule has 4 heteroatoms. The topological polar surface area (TPSA) is 45.3 Å². The Hall–Kier alpha value is -2.33. The number of hydrogen-bond acceptors (Lipinski definition) is 2. The summed E-state index contributed by atoms with van der Waals surface area (Å²) < 4.78 is 5.49. The average Bonchev–Trinajstić information content (AvgIpc) is 3.18. The Morgan fingerprint density at radius 2 is 2.00 bits per heavy atom. The first-order valence-electron chi connectivity index (χ1n) is 9.19. The Morgan fingerprint density at radius 1 is 1.12 bits per heavy atom. The number of nitrogens with zero attached hydrogens (tertiary/aromatic N) is 1. The van der Waals surface area contributed by atoms with E-state index in [1.54, 1.807) is 0 Å². The van der Waals surface area contributed by atoms with Crippen LogP contribution in [0.15, 0.2) is 42.5 Å². The molecule has 0 unspecified atom stereocenters. The van der Waals surface area contributed by atoms with Crippen LogP contribution < -0.4 is 0 Å². The number of benzene rings is 2. The Kier molecular flexibility index (Phi) is 3.52. The van der Waals surface area contributed by atoms with Crippen LogP contribution >= 0.6 is 0 Å². The van der Waals surface area contributed by atoms with Gasteiger partial charge in [0.1, 0.15) is 5.69 Å². The van der Waals surface area contributed by atoms with Crippen molar-refractivity contribution >= 4 is 27.6 Å². The molecule has 2 fully saturated rings. The lowest BCUT2D eigenvalue weighted by Gasteiger charge is -2.24. The molecule has 2 aliphatic rings. The molecule has 3 aromatic rings. The largest absolute Gasteiger partial charge is 0.381 e. The molecule has 1 aliphatic carbocycles. The first-order chi connectivity index (χ1) is 12.3. The van der Waals surface area contributed by atoms with Crippen LogP contribution in [0.3, 0.4) is 0 Å². The average molecular weight is 334 g/mol. The molecule has 1 amide bonds. The second kappa shape index (κ2) is 5.88. The number of carbonyl (C=O) groups excluding carboxylic acids is 1. The Balaban J connectivity index is 1.50. The Morgan fingerprint density at radius 3 is 2.80 bits per heavy atom. The molecule has 0 bridgehead atoms. The molecule has 4 nitrogen and oxygen atoms in total. The van der Waals surface area contributed by atoms with Crippen molar-refractivity contribution in [1.29, 1.82) is 0 Å². The highest BCUT2D eigenvalue weighted by atomic mass is 16.5. The standard InChI is InChI=1S/C21H22N2O2/c24-21(23(16-6-7-16)12-14-9-10-25-13-14)20-11-18-17-4-2-1-3-15(17)5-8-19(18)22-20/h1-5,8,11,14,16,22H,6-7,9-10,12-13H2/t14-/m1/s1. The Labute approximate surface area is 146 Å². The fourth-order valence-corrected chi connectivity index (χ4v) is 3.95. The van der Waals surface area contributed by atoms with Crippen molar-refractivity contribution in [1.82, 2.24) is 9.88 Å². The molecule has 128 valence electrons. The van der Waals surface area contributed by atoms with Crippen LogP contribution in [-0.2, 0) is 4.74 Å². The number of hydrogen-bond donors (Lipinski definition) is 1. The lowest BCUT2D eigenvalue weighted by atomic mass is 10.1. The van der Waals surface area contributed by atoms with Gasteiger partial charge >= 0.3 is 0 Å². The molecule has 2 heterocycles. The van der Waals surface area contributed by atoms with Gasteiger partial charge < -0.3 is 14.6 Å². The van der Waals surface area contributed by atoms with Crippen LogP contribution in [0.2, 0.25) is 0 Å². The van der Waals surface area contributed by atoms with Gasteiger partial charge in [-0.05, 0) is 42.2 Å². The summed E-state index contributed by atoms with van der Waals surface area (Å²) >= 11 is 0. The summed E-state index contributed by atoms with van der Waals surface area (Å²) in [5, 5.41) is 3.52. The van der Waals surface area contributed by atoms with E-state index in [2.05, 4.69) is 34.1 Å². The zero-order valence-electron chi connectivity index (χ0n) is 14.2. The molecule has 0 radical (unpaired) electrons. The number of carbonyl (C=O) groups is 1. The van der Waals surface area contributed by atoms with E-state index in [1.807, 2.05) is 18.2 Å². The molecule has 1 N–H and O–H groups in total. The van der Waals surface area contributed by atoms with Gasteiger partial charge in [-0.3, -0.25) is 4.79 Å². The fraction of sp³-hybridized carbons (Fsp3) is 0.381. The molecule has 2 aromatic carbocycles. The monoisotopic (exact) mass is 334 g/mol. The summed E-state index contributed by atoms with van der Waals surface area (Å²) in [5.74, 6) is 0.615. The maximum Gasteiger partial charge on any atom is 0.270 e. The van der Waals surface area contributed by atoms with Gasteiger partial charge in [0.25, 0.3) is 5.91 Å². The smallest absolute Gasteiger partial charge is 0.270 e. The molecule has 1 aliphatic heterocycles. The van der Waals surface area contributed by atoms with E-state index in [0.29, 0.717) is 17.7 Å². The van der Waals surface area contributed by atoms with E-state index in [9.17, 15) is 4.79 Å². The minimum absolute atomic E-state index is 0.134. The van der Waals surface area contributed by atoms with Crippen LogP contribution in [0.25, 0.3) is 21.7 Å². The molecule has 1 saturated heterocycles. The first-order valence-corrected chi connectivity index (χ1v) is 9.19. The van der Waals surface area contributed by atoms with Gasteiger partial charge in [-0.2, -0.15) is 0 Å². The minimum Gasteiger partial charge on any atom is -0.381 e. The van der Waals surface area contributed by atoms with Gasteiger partial charge in [0, 0.05) is 36.0 Å². The van der Waals surface area contributed by atoms with Crippen molar-refractivity contribution in [3.8, 4) is 0 Å². The Bertz CT molecular complexity index is 935. The number of H-pyrrole nitrogens is 1. The van der Waals surface area contributed by atoms with E-state index >= 15 is 0 Å². The third-order valence-corrected chi connectivity index (χ3v) is 5.49. The van der Waals surface area contributed by atoms with Crippen LogP contribution in [0.5, 0.6) is 0 Å². The van der Waals surface area contributed by atoms with Crippen molar-refractivity contribution < 1.29 is 9.53 Å². The van der Waals surface area contributed by atoms with Gasteiger partial charge in [-0.15, -0.1) is 0 Å². The third-order valence-electron chi connectivity index (χ3n) is 5.49. The lowest BCUT2D eigenvalue weighted by Crippen LogP contribution is -2.37. The maximum atomic E-state index is 13.2. The SMILES string of the molecule is O=C(c1cc2c(ccc3ccccc32)[nH]1)N(C[C@H]1CCOC1)C1CC1. The molecule has 1 atom stereocenters. The van der Waals surface area contributed by atoms with Crippen molar-refractivity contribution in [3.05, 3.63) is 48.2 Å². The highest BCUT2D eigenvalue weighted by Gasteiger charge is 2.35. The summed E-state index contributed by atoms with van der Waals surface area (Å²) in [6.07, 6.45) is 3.32. The number of aromatic nitrogens is 1. The minimum atomic E-state index is 0.134.